The fourth-order valence-corrected chi connectivity index (χ4v) is 3.70. The molecule has 1 aromatic heterocycles. The summed E-state index contributed by atoms with van der Waals surface area (Å²) in [5, 5.41) is 2.85. The van der Waals surface area contributed by atoms with Crippen molar-refractivity contribution in [1.29, 1.82) is 0 Å². The first-order valence-corrected chi connectivity index (χ1v) is 10.5. The van der Waals surface area contributed by atoms with Gasteiger partial charge < -0.3 is 5.32 Å². The molecular formula is C19H13Cl2F3N4O2S. The van der Waals surface area contributed by atoms with E-state index in [1.807, 2.05) is 0 Å². The summed E-state index contributed by atoms with van der Waals surface area (Å²) in [7, 11) is 0. The number of carbonyl (C=O) groups excluding carboxylic acids is 1. The SMILES string of the molecule is O=C(NOCC1CC1)c1cc(F)c(F)c(F)c1Nc1ccc(-c2nsnc2Cl)cc1Cl. The van der Waals surface area contributed by atoms with Crippen molar-refractivity contribution in [2.45, 2.75) is 12.8 Å². The van der Waals surface area contributed by atoms with Crippen LogP contribution in [0.5, 0.6) is 0 Å². The molecule has 3 aromatic rings. The first kappa shape index (κ1) is 21.8. The lowest BCUT2D eigenvalue weighted by molar-refractivity contribution is 0.0270. The maximum absolute atomic E-state index is 14.5. The number of nitrogens with one attached hydrogen (secondary N) is 2. The van der Waals surface area contributed by atoms with Crippen LogP contribution < -0.4 is 10.8 Å². The van der Waals surface area contributed by atoms with Gasteiger partial charge in [-0.25, -0.2) is 18.7 Å². The minimum absolute atomic E-state index is 0.0991. The Kier molecular flexibility index (Phi) is 6.33. The van der Waals surface area contributed by atoms with E-state index in [1.54, 1.807) is 6.07 Å². The van der Waals surface area contributed by atoms with E-state index in [9.17, 15) is 18.0 Å². The normalized spacial score (nSPS) is 13.3. The smallest absolute Gasteiger partial charge is 0.277 e. The first-order valence-electron chi connectivity index (χ1n) is 8.99. The Morgan fingerprint density at radius 3 is 2.58 bits per heavy atom. The van der Waals surface area contributed by atoms with Crippen LogP contribution in [0, 0.1) is 23.4 Å². The van der Waals surface area contributed by atoms with E-state index in [1.165, 1.54) is 12.1 Å². The highest BCUT2D eigenvalue weighted by Gasteiger charge is 2.25. The third-order valence-corrected chi connectivity index (χ3v) is 5.74. The number of carbonyl (C=O) groups is 1. The van der Waals surface area contributed by atoms with Gasteiger partial charge in [-0.2, -0.15) is 8.75 Å². The third-order valence-electron chi connectivity index (χ3n) is 4.54. The molecule has 1 aliphatic carbocycles. The van der Waals surface area contributed by atoms with E-state index in [4.69, 9.17) is 28.0 Å². The summed E-state index contributed by atoms with van der Waals surface area (Å²) in [4.78, 5) is 17.5. The van der Waals surface area contributed by atoms with Crippen LogP contribution >= 0.6 is 34.9 Å². The average Bonchev–Trinajstić information content (AvgIpc) is 3.47. The molecule has 31 heavy (non-hydrogen) atoms. The van der Waals surface area contributed by atoms with Gasteiger partial charge in [-0.3, -0.25) is 9.63 Å². The Balaban J connectivity index is 1.63. The molecule has 4 rings (SSSR count). The summed E-state index contributed by atoms with van der Waals surface area (Å²) in [5.41, 5.74) is 2.15. The number of hydrogen-bond donors (Lipinski definition) is 2. The summed E-state index contributed by atoms with van der Waals surface area (Å²) < 4.78 is 50.1. The zero-order valence-corrected chi connectivity index (χ0v) is 17.8. The fraction of sp³-hybridized carbons (Fsp3) is 0.211. The molecule has 1 amide bonds. The highest BCUT2D eigenvalue weighted by Crippen LogP contribution is 2.35. The van der Waals surface area contributed by atoms with Crippen LogP contribution in [-0.4, -0.2) is 21.3 Å². The molecule has 0 bridgehead atoms. The molecule has 0 aliphatic heterocycles. The van der Waals surface area contributed by atoms with E-state index < -0.39 is 34.6 Å². The number of amides is 1. The first-order chi connectivity index (χ1) is 14.8. The molecule has 12 heteroatoms. The second kappa shape index (κ2) is 8.99. The lowest BCUT2D eigenvalue weighted by Crippen LogP contribution is -2.26. The van der Waals surface area contributed by atoms with E-state index in [-0.39, 0.29) is 22.5 Å². The molecule has 1 aliphatic rings. The number of hydrogen-bond acceptors (Lipinski definition) is 6. The van der Waals surface area contributed by atoms with Gasteiger partial charge in [-0.15, -0.1) is 0 Å². The monoisotopic (exact) mass is 488 g/mol. The molecule has 0 atom stereocenters. The number of nitrogens with zero attached hydrogens (tertiary/aromatic N) is 2. The topological polar surface area (TPSA) is 76.1 Å². The number of hydroxylamine groups is 1. The van der Waals surface area contributed by atoms with Crippen molar-refractivity contribution in [3.8, 4) is 11.3 Å². The Morgan fingerprint density at radius 1 is 1.16 bits per heavy atom. The van der Waals surface area contributed by atoms with Gasteiger partial charge in [0, 0.05) is 5.56 Å². The van der Waals surface area contributed by atoms with E-state index >= 15 is 0 Å². The van der Waals surface area contributed by atoms with Gasteiger partial charge >= 0.3 is 0 Å². The van der Waals surface area contributed by atoms with Crippen LogP contribution in [0.2, 0.25) is 10.2 Å². The predicted octanol–water partition coefficient (Wildman–Crippen LogP) is 5.74. The van der Waals surface area contributed by atoms with Crippen LogP contribution in [0.3, 0.4) is 0 Å². The molecule has 2 aromatic carbocycles. The second-order valence-electron chi connectivity index (χ2n) is 6.82. The zero-order chi connectivity index (χ0) is 22.1. The van der Waals surface area contributed by atoms with Crippen LogP contribution in [0.4, 0.5) is 24.5 Å². The van der Waals surface area contributed by atoms with Crippen molar-refractivity contribution in [2.75, 3.05) is 11.9 Å². The summed E-state index contributed by atoms with van der Waals surface area (Å²) in [6.45, 7) is 0.280. The molecule has 6 nitrogen and oxygen atoms in total. The average molecular weight is 489 g/mol. The van der Waals surface area contributed by atoms with Gasteiger partial charge in [0.2, 0.25) is 0 Å². The van der Waals surface area contributed by atoms with Crippen molar-refractivity contribution in [1.82, 2.24) is 14.2 Å². The molecule has 2 N–H and O–H groups in total. The van der Waals surface area contributed by atoms with Crippen molar-refractivity contribution < 1.29 is 22.8 Å². The van der Waals surface area contributed by atoms with Crippen molar-refractivity contribution in [2.24, 2.45) is 5.92 Å². The Labute approximate surface area is 188 Å². The maximum atomic E-state index is 14.5. The number of aromatic nitrogens is 2. The lowest BCUT2D eigenvalue weighted by atomic mass is 10.1. The van der Waals surface area contributed by atoms with Gasteiger partial charge in [0.05, 0.1) is 40.3 Å². The van der Waals surface area contributed by atoms with Gasteiger partial charge in [0.1, 0.15) is 5.69 Å². The number of rotatable bonds is 7. The zero-order valence-electron chi connectivity index (χ0n) is 15.5. The summed E-state index contributed by atoms with van der Waals surface area (Å²) >= 11 is 13.2. The molecule has 0 saturated heterocycles. The molecule has 0 radical (unpaired) electrons. The highest BCUT2D eigenvalue weighted by molar-refractivity contribution is 6.99. The summed E-state index contributed by atoms with van der Waals surface area (Å²) in [6, 6.07) is 5.11. The van der Waals surface area contributed by atoms with Gasteiger partial charge in [0.25, 0.3) is 5.91 Å². The predicted molar refractivity (Wildman–Crippen MR) is 111 cm³/mol. The second-order valence-corrected chi connectivity index (χ2v) is 8.11. The minimum atomic E-state index is -1.73. The lowest BCUT2D eigenvalue weighted by Gasteiger charge is -2.15. The number of anilines is 2. The largest absolute Gasteiger partial charge is 0.351 e. The Bertz CT molecular complexity index is 1160. The molecule has 0 unspecified atom stereocenters. The Morgan fingerprint density at radius 2 is 1.94 bits per heavy atom. The molecule has 162 valence electrons. The fourth-order valence-electron chi connectivity index (χ4n) is 2.71. The van der Waals surface area contributed by atoms with Gasteiger partial charge in [0.15, 0.2) is 22.6 Å². The molecule has 1 heterocycles. The highest BCUT2D eigenvalue weighted by atomic mass is 35.5. The quantitative estimate of drug-likeness (QED) is 0.327. The number of halogens is 5. The van der Waals surface area contributed by atoms with Crippen LogP contribution in [0.25, 0.3) is 11.3 Å². The molecular weight excluding hydrogens is 476 g/mol. The van der Waals surface area contributed by atoms with E-state index in [0.29, 0.717) is 23.2 Å². The summed E-state index contributed by atoms with van der Waals surface area (Å²) in [6.07, 6.45) is 1.97. The van der Waals surface area contributed by atoms with Crippen molar-refractivity contribution in [3.05, 3.63) is 57.5 Å². The summed E-state index contributed by atoms with van der Waals surface area (Å²) in [5.74, 6) is -5.40. The minimum Gasteiger partial charge on any atom is -0.351 e. The van der Waals surface area contributed by atoms with Crippen molar-refractivity contribution in [3.63, 3.8) is 0 Å². The molecule has 1 saturated carbocycles. The third kappa shape index (κ3) is 4.77. The van der Waals surface area contributed by atoms with Crippen LogP contribution in [-0.2, 0) is 4.84 Å². The van der Waals surface area contributed by atoms with Gasteiger partial charge in [-0.05, 0) is 37.0 Å². The Hall–Kier alpha value is -2.40. The standard InChI is InChI=1S/C19H13Cl2F3N4O2S/c20-11-5-9(16-18(21)28-31-27-16)3-4-13(11)25-17-10(6-12(22)14(23)15(17)24)19(29)26-30-7-8-1-2-8/h3-6,8,25H,1-2,7H2,(H,26,29). The number of benzene rings is 2. The molecule has 1 fully saturated rings. The van der Waals surface area contributed by atoms with E-state index in [0.717, 1.165) is 24.6 Å². The van der Waals surface area contributed by atoms with Crippen molar-refractivity contribution >= 4 is 52.2 Å². The maximum Gasteiger partial charge on any atom is 0.277 e. The van der Waals surface area contributed by atoms with Gasteiger partial charge in [-0.1, -0.05) is 29.3 Å². The molecule has 0 spiro atoms. The van der Waals surface area contributed by atoms with Crippen LogP contribution in [0.1, 0.15) is 23.2 Å². The van der Waals surface area contributed by atoms with Crippen LogP contribution in [0.15, 0.2) is 24.3 Å². The van der Waals surface area contributed by atoms with E-state index in [2.05, 4.69) is 19.5 Å².